The van der Waals surface area contributed by atoms with Crippen molar-refractivity contribution in [1.82, 2.24) is 4.90 Å². The third-order valence-electron chi connectivity index (χ3n) is 5.20. The number of hydrogen-bond donors (Lipinski definition) is 0. The van der Waals surface area contributed by atoms with Crippen LogP contribution in [0.15, 0.2) is 54.6 Å². The van der Waals surface area contributed by atoms with E-state index in [4.69, 9.17) is 4.74 Å². The predicted molar refractivity (Wildman–Crippen MR) is 104 cm³/mol. The number of ether oxygens (including phenoxy) is 1. The largest absolute Gasteiger partial charge is 0.444 e. The summed E-state index contributed by atoms with van der Waals surface area (Å²) in [5.41, 5.74) is 3.39. The van der Waals surface area contributed by atoms with Crippen molar-refractivity contribution in [3.63, 3.8) is 0 Å². The highest BCUT2D eigenvalue weighted by molar-refractivity contribution is 5.90. The summed E-state index contributed by atoms with van der Waals surface area (Å²) in [6.07, 6.45) is 0.729. The zero-order valence-electron chi connectivity index (χ0n) is 15.0. The van der Waals surface area contributed by atoms with Gasteiger partial charge in [0.15, 0.2) is 0 Å². The number of carbonyl (C=O) groups is 1. The van der Waals surface area contributed by atoms with Crippen LogP contribution in [0.25, 0.3) is 0 Å². The summed E-state index contributed by atoms with van der Waals surface area (Å²) in [6.45, 7) is 6.33. The van der Waals surface area contributed by atoms with Crippen LogP contribution in [0, 0.1) is 0 Å². The van der Waals surface area contributed by atoms with Gasteiger partial charge in [0.25, 0.3) is 0 Å². The van der Waals surface area contributed by atoms with Crippen LogP contribution in [0.2, 0.25) is 0 Å². The Hall–Kier alpha value is -2.53. The molecule has 5 heteroatoms. The number of rotatable bonds is 5. The summed E-state index contributed by atoms with van der Waals surface area (Å²) >= 11 is 0. The molecule has 1 saturated heterocycles. The van der Waals surface area contributed by atoms with Gasteiger partial charge >= 0.3 is 6.09 Å². The lowest BCUT2D eigenvalue weighted by Gasteiger charge is -2.36. The Morgan fingerprint density at radius 1 is 0.846 bits per heavy atom. The number of anilines is 2. The van der Waals surface area contributed by atoms with Gasteiger partial charge in [-0.05, 0) is 31.2 Å². The summed E-state index contributed by atoms with van der Waals surface area (Å²) in [6, 6.07) is 18.6. The standard InChI is InChI=1S/C21H25N3O2/c25-21-24(20-10-5-4-7-18(20)17-26-21)12-6-11-22-13-15-23(16-14-22)19-8-2-1-3-9-19/h1-5,7-10H,6,11-17H2. The second kappa shape index (κ2) is 7.79. The lowest BCUT2D eigenvalue weighted by molar-refractivity contribution is 0.141. The fourth-order valence-electron chi connectivity index (χ4n) is 3.74. The van der Waals surface area contributed by atoms with Gasteiger partial charge in [-0.3, -0.25) is 9.80 Å². The molecule has 0 aliphatic carbocycles. The van der Waals surface area contributed by atoms with Crippen molar-refractivity contribution >= 4 is 17.5 Å². The molecule has 0 bridgehead atoms. The van der Waals surface area contributed by atoms with Crippen molar-refractivity contribution in [2.45, 2.75) is 13.0 Å². The summed E-state index contributed by atoms with van der Waals surface area (Å²) in [7, 11) is 0. The molecule has 0 atom stereocenters. The summed E-state index contributed by atoms with van der Waals surface area (Å²) < 4.78 is 5.29. The number of nitrogens with zero attached hydrogens (tertiary/aromatic N) is 3. The minimum absolute atomic E-state index is 0.224. The van der Waals surface area contributed by atoms with Crippen LogP contribution in [0.4, 0.5) is 16.2 Å². The van der Waals surface area contributed by atoms with Crippen LogP contribution in [-0.4, -0.2) is 50.3 Å². The highest BCUT2D eigenvalue weighted by atomic mass is 16.6. The van der Waals surface area contributed by atoms with Gasteiger partial charge in [-0.1, -0.05) is 36.4 Å². The number of hydrogen-bond acceptors (Lipinski definition) is 4. The Morgan fingerprint density at radius 2 is 1.58 bits per heavy atom. The Morgan fingerprint density at radius 3 is 2.38 bits per heavy atom. The highest BCUT2D eigenvalue weighted by Gasteiger charge is 2.25. The van der Waals surface area contributed by atoms with E-state index in [0.717, 1.165) is 50.4 Å². The maximum atomic E-state index is 12.1. The van der Waals surface area contributed by atoms with Gasteiger partial charge in [-0.15, -0.1) is 0 Å². The first-order valence-corrected chi connectivity index (χ1v) is 9.36. The third-order valence-corrected chi connectivity index (χ3v) is 5.20. The SMILES string of the molecule is O=C1OCc2ccccc2N1CCCN1CCN(c2ccccc2)CC1. The molecule has 1 fully saturated rings. The number of para-hydroxylation sites is 2. The van der Waals surface area contributed by atoms with Crippen molar-refractivity contribution in [3.05, 3.63) is 60.2 Å². The highest BCUT2D eigenvalue weighted by Crippen LogP contribution is 2.26. The average molecular weight is 351 g/mol. The quantitative estimate of drug-likeness (QED) is 0.828. The van der Waals surface area contributed by atoms with Crippen molar-refractivity contribution in [2.75, 3.05) is 49.1 Å². The van der Waals surface area contributed by atoms with Gasteiger partial charge in [0.05, 0.1) is 5.69 Å². The van der Waals surface area contributed by atoms with E-state index in [0.29, 0.717) is 13.2 Å². The van der Waals surface area contributed by atoms with E-state index in [2.05, 4.69) is 40.1 Å². The Bertz CT molecular complexity index is 742. The van der Waals surface area contributed by atoms with Gasteiger partial charge in [-0.25, -0.2) is 4.79 Å². The minimum atomic E-state index is -0.224. The minimum Gasteiger partial charge on any atom is -0.444 e. The first-order valence-electron chi connectivity index (χ1n) is 9.36. The molecule has 2 heterocycles. The van der Waals surface area contributed by atoms with E-state index in [1.165, 1.54) is 5.69 Å². The van der Waals surface area contributed by atoms with Crippen LogP contribution >= 0.6 is 0 Å². The van der Waals surface area contributed by atoms with Crippen LogP contribution in [0.5, 0.6) is 0 Å². The van der Waals surface area contributed by atoms with Crippen LogP contribution in [0.3, 0.4) is 0 Å². The molecule has 2 aromatic rings. The Labute approximate surface area is 154 Å². The van der Waals surface area contributed by atoms with Crippen molar-refractivity contribution < 1.29 is 9.53 Å². The molecule has 2 aliphatic heterocycles. The zero-order valence-corrected chi connectivity index (χ0v) is 15.0. The average Bonchev–Trinajstić information content (AvgIpc) is 2.71. The van der Waals surface area contributed by atoms with Crippen LogP contribution < -0.4 is 9.80 Å². The molecule has 5 nitrogen and oxygen atoms in total. The summed E-state index contributed by atoms with van der Waals surface area (Å²) in [4.78, 5) is 18.8. The summed E-state index contributed by atoms with van der Waals surface area (Å²) in [5.74, 6) is 0. The van der Waals surface area contributed by atoms with E-state index in [1.807, 2.05) is 24.3 Å². The molecule has 0 saturated carbocycles. The molecule has 2 aliphatic rings. The molecule has 26 heavy (non-hydrogen) atoms. The third kappa shape index (κ3) is 3.68. The van der Waals surface area contributed by atoms with Gasteiger partial charge in [0.1, 0.15) is 6.61 Å². The molecular weight excluding hydrogens is 326 g/mol. The van der Waals surface area contributed by atoms with E-state index in [9.17, 15) is 4.79 Å². The molecule has 1 amide bonds. The van der Waals surface area contributed by atoms with Gasteiger partial charge in [0, 0.05) is 44.0 Å². The van der Waals surface area contributed by atoms with E-state index < -0.39 is 0 Å². The van der Waals surface area contributed by atoms with Crippen molar-refractivity contribution in [3.8, 4) is 0 Å². The van der Waals surface area contributed by atoms with E-state index >= 15 is 0 Å². The molecule has 0 aromatic heterocycles. The molecule has 0 radical (unpaired) electrons. The molecule has 4 rings (SSSR count). The molecule has 0 spiro atoms. The zero-order chi connectivity index (χ0) is 17.8. The normalized spacial score (nSPS) is 17.8. The maximum Gasteiger partial charge on any atom is 0.414 e. The second-order valence-electron chi connectivity index (χ2n) is 6.85. The summed E-state index contributed by atoms with van der Waals surface area (Å²) in [5, 5.41) is 0. The van der Waals surface area contributed by atoms with E-state index in [-0.39, 0.29) is 6.09 Å². The van der Waals surface area contributed by atoms with E-state index in [1.54, 1.807) is 4.90 Å². The lowest BCUT2D eigenvalue weighted by atomic mass is 10.1. The smallest absolute Gasteiger partial charge is 0.414 e. The molecule has 2 aromatic carbocycles. The van der Waals surface area contributed by atoms with Crippen LogP contribution in [-0.2, 0) is 11.3 Å². The molecular formula is C21H25N3O2. The molecule has 136 valence electrons. The maximum absolute atomic E-state index is 12.1. The molecule has 0 unspecified atom stereocenters. The first kappa shape index (κ1) is 16.9. The Balaban J connectivity index is 1.26. The molecule has 0 N–H and O–H groups in total. The second-order valence-corrected chi connectivity index (χ2v) is 6.85. The van der Waals surface area contributed by atoms with Gasteiger partial charge < -0.3 is 9.64 Å². The van der Waals surface area contributed by atoms with Crippen molar-refractivity contribution in [1.29, 1.82) is 0 Å². The topological polar surface area (TPSA) is 36.0 Å². The number of carbonyl (C=O) groups excluding carboxylic acids is 1. The fraction of sp³-hybridized carbons (Fsp3) is 0.381. The monoisotopic (exact) mass is 351 g/mol. The van der Waals surface area contributed by atoms with Gasteiger partial charge in [0.2, 0.25) is 0 Å². The number of piperazine rings is 1. The van der Waals surface area contributed by atoms with Crippen LogP contribution in [0.1, 0.15) is 12.0 Å². The number of amides is 1. The number of benzene rings is 2. The fourth-order valence-corrected chi connectivity index (χ4v) is 3.74. The number of cyclic esters (lactones) is 1. The van der Waals surface area contributed by atoms with Gasteiger partial charge in [-0.2, -0.15) is 0 Å². The first-order chi connectivity index (χ1) is 12.8. The lowest BCUT2D eigenvalue weighted by Crippen LogP contribution is -2.47. The Kier molecular flexibility index (Phi) is 5.07. The van der Waals surface area contributed by atoms with Crippen molar-refractivity contribution in [2.24, 2.45) is 0 Å². The predicted octanol–water partition coefficient (Wildman–Crippen LogP) is 3.36. The number of fused-ring (bicyclic) bond motifs is 1.